The van der Waals surface area contributed by atoms with Gasteiger partial charge in [0.25, 0.3) is 0 Å². The molecule has 0 unspecified atom stereocenters. The van der Waals surface area contributed by atoms with Crippen molar-refractivity contribution >= 4 is 33.2 Å². The molecule has 0 saturated heterocycles. The maximum atomic E-state index is 4.68. The van der Waals surface area contributed by atoms with Gasteiger partial charge in [-0.25, -0.2) is 19.9 Å². The number of H-pyrrole nitrogens is 4. The number of nitrogens with zero attached hydrogens (tertiary/aromatic N) is 4. The first-order valence-electron chi connectivity index (χ1n) is 10.0. The molecule has 4 heterocycles. The predicted octanol–water partition coefficient (Wildman–Crippen LogP) is 4.95. The number of hydrogen-bond donors (Lipinski definition) is 4. The molecule has 0 saturated carbocycles. The molecule has 0 fully saturated rings. The molecular weight excluding hydrogens is 400 g/mol. The van der Waals surface area contributed by atoms with Crippen molar-refractivity contribution in [2.75, 3.05) is 0 Å². The van der Waals surface area contributed by atoms with E-state index in [2.05, 4.69) is 53.0 Å². The number of benzene rings is 2. The molecule has 0 aliphatic rings. The Morgan fingerprint density at radius 3 is 1.53 bits per heavy atom. The Kier molecular flexibility index (Phi) is 3.91. The summed E-state index contributed by atoms with van der Waals surface area (Å²) in [6.07, 6.45) is 7.06. The standard InChI is InChI=1S/C24H18N8/c1-13(21-29-17-5-3-15(11-19(17)31-21)23-25-7-8-26-23)14(2)22-30-18-6-4-16(12-20(18)32-22)24-27-9-10-28-24/h3-12H,1-2H2,(H,25,26)(H,27,28)(H,29,31)(H,30,32). The number of aromatic amines is 4. The molecule has 8 heteroatoms. The zero-order valence-electron chi connectivity index (χ0n) is 17.0. The third kappa shape index (κ3) is 2.93. The fourth-order valence-electron chi connectivity index (χ4n) is 3.73. The number of fused-ring (bicyclic) bond motifs is 2. The lowest BCUT2D eigenvalue weighted by molar-refractivity contribution is 1.24. The van der Waals surface area contributed by atoms with E-state index in [9.17, 15) is 0 Å². The van der Waals surface area contributed by atoms with Crippen LogP contribution in [0.15, 0.2) is 74.3 Å². The van der Waals surface area contributed by atoms with Gasteiger partial charge >= 0.3 is 0 Å². The van der Waals surface area contributed by atoms with E-state index < -0.39 is 0 Å². The number of nitrogens with one attached hydrogen (secondary N) is 4. The highest BCUT2D eigenvalue weighted by atomic mass is 15.0. The van der Waals surface area contributed by atoms with Crippen molar-refractivity contribution in [3.63, 3.8) is 0 Å². The van der Waals surface area contributed by atoms with Crippen molar-refractivity contribution in [2.45, 2.75) is 0 Å². The Morgan fingerprint density at radius 1 is 0.656 bits per heavy atom. The average molecular weight is 418 g/mol. The largest absolute Gasteiger partial charge is 0.345 e. The molecule has 2 aromatic carbocycles. The smallest absolute Gasteiger partial charge is 0.138 e. The topological polar surface area (TPSA) is 115 Å². The van der Waals surface area contributed by atoms with Gasteiger partial charge in [-0.05, 0) is 36.4 Å². The minimum absolute atomic E-state index is 0.651. The number of allylic oxidation sites excluding steroid dienone is 2. The van der Waals surface area contributed by atoms with Crippen molar-refractivity contribution in [1.82, 2.24) is 39.9 Å². The van der Waals surface area contributed by atoms with E-state index in [-0.39, 0.29) is 0 Å². The zero-order valence-corrected chi connectivity index (χ0v) is 17.0. The lowest BCUT2D eigenvalue weighted by atomic mass is 10.1. The quantitative estimate of drug-likeness (QED) is 0.297. The summed E-state index contributed by atoms with van der Waals surface area (Å²) in [5, 5.41) is 0. The van der Waals surface area contributed by atoms with Gasteiger partial charge in [0.15, 0.2) is 0 Å². The van der Waals surface area contributed by atoms with Crippen molar-refractivity contribution < 1.29 is 0 Å². The third-order valence-corrected chi connectivity index (χ3v) is 5.44. The van der Waals surface area contributed by atoms with Crippen molar-refractivity contribution in [1.29, 1.82) is 0 Å². The molecule has 32 heavy (non-hydrogen) atoms. The average Bonchev–Trinajstić information content (AvgIpc) is 3.62. The lowest BCUT2D eigenvalue weighted by Crippen LogP contribution is -1.92. The minimum atomic E-state index is 0.651. The lowest BCUT2D eigenvalue weighted by Gasteiger charge is -2.03. The van der Waals surface area contributed by atoms with Crippen LogP contribution in [0.1, 0.15) is 11.6 Å². The van der Waals surface area contributed by atoms with Crippen molar-refractivity contribution in [3.8, 4) is 22.8 Å². The van der Waals surface area contributed by atoms with E-state index in [1.807, 2.05) is 36.4 Å². The van der Waals surface area contributed by atoms with Crippen LogP contribution >= 0.6 is 0 Å². The first kappa shape index (κ1) is 18.1. The Hall–Kier alpha value is -4.72. The Balaban J connectivity index is 1.32. The Labute approximate surface area is 182 Å². The zero-order chi connectivity index (χ0) is 21.7. The van der Waals surface area contributed by atoms with Gasteiger partial charge in [0, 0.05) is 47.1 Å². The molecule has 0 aliphatic carbocycles. The van der Waals surface area contributed by atoms with Crippen LogP contribution in [0.5, 0.6) is 0 Å². The molecule has 0 amide bonds. The number of hydrogen-bond acceptors (Lipinski definition) is 4. The van der Waals surface area contributed by atoms with Gasteiger partial charge < -0.3 is 19.9 Å². The second-order valence-electron chi connectivity index (χ2n) is 7.47. The van der Waals surface area contributed by atoms with Gasteiger partial charge in [-0.1, -0.05) is 13.2 Å². The maximum absolute atomic E-state index is 4.68. The van der Waals surface area contributed by atoms with Gasteiger partial charge in [0.05, 0.1) is 22.1 Å². The number of rotatable bonds is 5. The van der Waals surface area contributed by atoms with E-state index in [1.165, 1.54) is 0 Å². The molecule has 6 aromatic rings. The maximum Gasteiger partial charge on any atom is 0.138 e. The van der Waals surface area contributed by atoms with Crippen LogP contribution in [0, 0.1) is 0 Å². The summed E-state index contributed by atoms with van der Waals surface area (Å²) >= 11 is 0. The van der Waals surface area contributed by atoms with Crippen molar-refractivity contribution in [2.24, 2.45) is 0 Å². The van der Waals surface area contributed by atoms with Crippen LogP contribution in [-0.4, -0.2) is 39.9 Å². The molecule has 0 spiro atoms. The summed E-state index contributed by atoms with van der Waals surface area (Å²) in [6.45, 7) is 8.42. The summed E-state index contributed by atoms with van der Waals surface area (Å²) < 4.78 is 0. The highest BCUT2D eigenvalue weighted by molar-refractivity contribution is 6.02. The molecule has 6 rings (SSSR count). The van der Waals surface area contributed by atoms with E-state index in [0.29, 0.717) is 22.8 Å². The van der Waals surface area contributed by atoms with Gasteiger partial charge in [-0.3, -0.25) is 0 Å². The predicted molar refractivity (Wildman–Crippen MR) is 125 cm³/mol. The molecule has 4 aromatic heterocycles. The molecule has 0 radical (unpaired) electrons. The monoisotopic (exact) mass is 418 g/mol. The number of imidazole rings is 4. The molecule has 154 valence electrons. The summed E-state index contributed by atoms with van der Waals surface area (Å²) in [4.78, 5) is 30.9. The van der Waals surface area contributed by atoms with Gasteiger partial charge in [-0.15, -0.1) is 0 Å². The highest BCUT2D eigenvalue weighted by Crippen LogP contribution is 2.30. The van der Waals surface area contributed by atoms with E-state index in [1.54, 1.807) is 24.8 Å². The first-order chi connectivity index (χ1) is 15.7. The second-order valence-corrected chi connectivity index (χ2v) is 7.47. The first-order valence-corrected chi connectivity index (χ1v) is 10.0. The SMILES string of the molecule is C=C(C(=C)c1nc2ccc(-c3ncc[nH]3)cc2[nH]1)c1nc2ccc(-c3ncc[nH]3)cc2[nH]1. The molecule has 4 N–H and O–H groups in total. The van der Waals surface area contributed by atoms with Crippen LogP contribution in [0.2, 0.25) is 0 Å². The third-order valence-electron chi connectivity index (χ3n) is 5.44. The fourth-order valence-corrected chi connectivity index (χ4v) is 3.73. The minimum Gasteiger partial charge on any atom is -0.345 e. The number of aromatic nitrogens is 8. The Bertz CT molecular complexity index is 1470. The van der Waals surface area contributed by atoms with E-state index in [0.717, 1.165) is 44.8 Å². The normalized spacial score (nSPS) is 11.4. The van der Waals surface area contributed by atoms with Crippen LogP contribution in [0.25, 0.3) is 56.0 Å². The fraction of sp³-hybridized carbons (Fsp3) is 0. The summed E-state index contributed by atoms with van der Waals surface area (Å²) in [5.41, 5.74) is 6.79. The van der Waals surface area contributed by atoms with Crippen molar-refractivity contribution in [3.05, 3.63) is 86.0 Å². The van der Waals surface area contributed by atoms with E-state index in [4.69, 9.17) is 0 Å². The summed E-state index contributed by atoms with van der Waals surface area (Å²) in [6, 6.07) is 11.9. The highest BCUT2D eigenvalue weighted by Gasteiger charge is 2.15. The van der Waals surface area contributed by atoms with Crippen LogP contribution in [0.3, 0.4) is 0 Å². The molecule has 0 bridgehead atoms. The molecule has 0 aliphatic heterocycles. The van der Waals surface area contributed by atoms with Crippen LogP contribution < -0.4 is 0 Å². The van der Waals surface area contributed by atoms with Crippen LogP contribution in [-0.2, 0) is 0 Å². The molecular formula is C24H18N8. The van der Waals surface area contributed by atoms with Crippen LogP contribution in [0.4, 0.5) is 0 Å². The summed E-state index contributed by atoms with van der Waals surface area (Å²) in [7, 11) is 0. The van der Waals surface area contributed by atoms with Gasteiger partial charge in [0.1, 0.15) is 23.3 Å². The molecule has 8 nitrogen and oxygen atoms in total. The van der Waals surface area contributed by atoms with Gasteiger partial charge in [0.2, 0.25) is 0 Å². The second kappa shape index (κ2) is 6.92. The molecule has 0 atom stereocenters. The Morgan fingerprint density at radius 2 is 1.12 bits per heavy atom. The van der Waals surface area contributed by atoms with Gasteiger partial charge in [-0.2, -0.15) is 0 Å². The van der Waals surface area contributed by atoms with E-state index >= 15 is 0 Å². The summed E-state index contributed by atoms with van der Waals surface area (Å²) in [5.74, 6) is 2.92.